The largest absolute Gasteiger partial charge is 0.462 e. The number of epoxide rings is 1. The monoisotopic (exact) mass is 439 g/mol. The van der Waals surface area contributed by atoms with Crippen molar-refractivity contribution in [2.24, 2.45) is 23.2 Å². The third kappa shape index (κ3) is 3.61. The Balaban J connectivity index is 1.10. The molecule has 3 heterocycles. The van der Waals surface area contributed by atoms with E-state index >= 15 is 0 Å². The predicted octanol–water partition coefficient (Wildman–Crippen LogP) is 3.58. The lowest BCUT2D eigenvalue weighted by atomic mass is 9.53. The summed E-state index contributed by atoms with van der Waals surface area (Å²) in [5.41, 5.74) is 0.915. The summed E-state index contributed by atoms with van der Waals surface area (Å²) in [6, 6.07) is 10.3. The molecule has 0 radical (unpaired) electrons. The second-order valence-corrected chi connectivity index (χ2v) is 11.8. The Hall–Kier alpha value is -1.43. The standard InChI is InChI=1S/C27H37NO4/c1-25-8-5-9-27(18-31-27)23(25)14-20-21(24(29)32-22(20)16-25)17-28-12-10-26(30,11-13-28)15-19-6-3-2-4-7-19/h2-4,6-7,20-23,30H,5,8-18H2,1H3/t20-,21-,22-,23+,25-,27-/m1/s1. The van der Waals surface area contributed by atoms with Gasteiger partial charge in [0.1, 0.15) is 6.10 Å². The van der Waals surface area contributed by atoms with E-state index in [4.69, 9.17) is 9.47 Å². The van der Waals surface area contributed by atoms with Gasteiger partial charge in [0.25, 0.3) is 0 Å². The minimum atomic E-state index is -0.638. The molecule has 2 aliphatic carbocycles. The molecule has 5 aliphatic rings. The van der Waals surface area contributed by atoms with Crippen molar-refractivity contribution >= 4 is 5.97 Å². The number of carbonyl (C=O) groups excluding carboxylic acids is 1. The highest BCUT2D eigenvalue weighted by molar-refractivity contribution is 5.75. The summed E-state index contributed by atoms with van der Waals surface area (Å²) < 4.78 is 12.0. The number of carbonyl (C=O) groups is 1. The average molecular weight is 440 g/mol. The second-order valence-electron chi connectivity index (χ2n) is 11.8. The van der Waals surface area contributed by atoms with Gasteiger partial charge >= 0.3 is 5.97 Å². The van der Waals surface area contributed by atoms with Gasteiger partial charge < -0.3 is 19.5 Å². The second kappa shape index (κ2) is 7.54. The molecule has 5 nitrogen and oxygen atoms in total. The molecule has 2 saturated carbocycles. The number of esters is 1. The van der Waals surface area contributed by atoms with Gasteiger partial charge in [-0.25, -0.2) is 0 Å². The summed E-state index contributed by atoms with van der Waals surface area (Å²) in [6.45, 7) is 5.79. The Labute approximate surface area is 191 Å². The van der Waals surface area contributed by atoms with E-state index in [1.54, 1.807) is 0 Å². The first-order valence-electron chi connectivity index (χ1n) is 12.7. The van der Waals surface area contributed by atoms with Crippen molar-refractivity contribution in [2.45, 2.75) is 75.6 Å². The Morgan fingerprint density at radius 2 is 1.88 bits per heavy atom. The highest BCUT2D eigenvalue weighted by atomic mass is 16.6. The molecule has 1 spiro atoms. The third-order valence-corrected chi connectivity index (χ3v) is 9.70. The molecular weight excluding hydrogens is 402 g/mol. The SMILES string of the molecule is C[C@]12CCC[C@@]3(CO3)[C@H]1C[C@H]1[C@@H](C2)OC(=O)[C@@H]1CN1CCC(O)(Cc2ccccc2)CC1. The first kappa shape index (κ1) is 21.1. The maximum absolute atomic E-state index is 12.9. The van der Waals surface area contributed by atoms with Crippen molar-refractivity contribution in [1.82, 2.24) is 4.90 Å². The smallest absolute Gasteiger partial charge is 0.310 e. The van der Waals surface area contributed by atoms with E-state index in [0.717, 1.165) is 51.9 Å². The number of nitrogens with zero attached hydrogens (tertiary/aromatic N) is 1. The van der Waals surface area contributed by atoms with Crippen LogP contribution in [-0.2, 0) is 20.7 Å². The molecule has 1 aromatic rings. The van der Waals surface area contributed by atoms with Crippen molar-refractivity contribution in [1.29, 1.82) is 0 Å². The number of piperidine rings is 1. The van der Waals surface area contributed by atoms with Gasteiger partial charge in [0.2, 0.25) is 0 Å². The molecule has 3 saturated heterocycles. The molecule has 174 valence electrons. The van der Waals surface area contributed by atoms with Crippen LogP contribution < -0.4 is 0 Å². The van der Waals surface area contributed by atoms with Gasteiger partial charge in [0.15, 0.2) is 0 Å². The van der Waals surface area contributed by atoms with E-state index in [2.05, 4.69) is 24.0 Å². The van der Waals surface area contributed by atoms with Crippen molar-refractivity contribution < 1.29 is 19.4 Å². The average Bonchev–Trinajstić information content (AvgIpc) is 3.47. The summed E-state index contributed by atoms with van der Waals surface area (Å²) in [7, 11) is 0. The third-order valence-electron chi connectivity index (χ3n) is 9.70. The van der Waals surface area contributed by atoms with E-state index in [0.29, 0.717) is 18.3 Å². The number of likely N-dealkylation sites (tertiary alicyclic amines) is 1. The fourth-order valence-corrected chi connectivity index (χ4v) is 7.75. The van der Waals surface area contributed by atoms with Gasteiger partial charge in [-0.15, -0.1) is 0 Å². The van der Waals surface area contributed by atoms with Gasteiger partial charge in [-0.1, -0.05) is 37.3 Å². The minimum Gasteiger partial charge on any atom is -0.462 e. The molecule has 6 rings (SSSR count). The molecule has 1 N–H and O–H groups in total. The van der Waals surface area contributed by atoms with Gasteiger partial charge in [-0.2, -0.15) is 0 Å². The van der Waals surface area contributed by atoms with Crippen LogP contribution in [0.5, 0.6) is 0 Å². The van der Waals surface area contributed by atoms with Crippen LogP contribution in [0.25, 0.3) is 0 Å². The lowest BCUT2D eigenvalue weighted by molar-refractivity contribution is -0.147. The van der Waals surface area contributed by atoms with E-state index in [1.165, 1.54) is 24.8 Å². The van der Waals surface area contributed by atoms with Crippen molar-refractivity contribution in [2.75, 3.05) is 26.2 Å². The summed E-state index contributed by atoms with van der Waals surface area (Å²) >= 11 is 0. The molecule has 0 unspecified atom stereocenters. The molecule has 32 heavy (non-hydrogen) atoms. The molecule has 5 fully saturated rings. The summed E-state index contributed by atoms with van der Waals surface area (Å²) in [5.74, 6) is 0.880. The van der Waals surface area contributed by atoms with Crippen molar-refractivity contribution in [3.8, 4) is 0 Å². The number of benzene rings is 1. The summed E-state index contributed by atoms with van der Waals surface area (Å²) in [6.07, 6.45) is 8.06. The first-order chi connectivity index (χ1) is 15.4. The highest BCUT2D eigenvalue weighted by Crippen LogP contribution is 2.62. The van der Waals surface area contributed by atoms with Crippen LogP contribution >= 0.6 is 0 Å². The molecule has 6 atom stereocenters. The fourth-order valence-electron chi connectivity index (χ4n) is 7.75. The zero-order valence-corrected chi connectivity index (χ0v) is 19.3. The number of ether oxygens (including phenoxy) is 2. The normalized spacial score (nSPS) is 42.9. The fraction of sp³-hybridized carbons (Fsp3) is 0.741. The minimum absolute atomic E-state index is 0.0122. The van der Waals surface area contributed by atoms with Gasteiger partial charge in [-0.3, -0.25) is 4.79 Å². The summed E-state index contributed by atoms with van der Waals surface area (Å²) in [5, 5.41) is 11.1. The van der Waals surface area contributed by atoms with Crippen LogP contribution in [0.1, 0.15) is 57.4 Å². The van der Waals surface area contributed by atoms with Gasteiger partial charge in [0.05, 0.1) is 23.7 Å². The topological polar surface area (TPSA) is 62.3 Å². The van der Waals surface area contributed by atoms with E-state index in [-0.39, 0.29) is 29.0 Å². The van der Waals surface area contributed by atoms with Crippen molar-refractivity contribution in [3.63, 3.8) is 0 Å². The maximum atomic E-state index is 12.9. The van der Waals surface area contributed by atoms with Gasteiger partial charge in [-0.05, 0) is 61.8 Å². The predicted molar refractivity (Wildman–Crippen MR) is 121 cm³/mol. The Morgan fingerprint density at radius 1 is 1.12 bits per heavy atom. The molecule has 1 aromatic carbocycles. The lowest BCUT2D eigenvalue weighted by Crippen LogP contribution is -2.52. The quantitative estimate of drug-likeness (QED) is 0.574. The van der Waals surface area contributed by atoms with Gasteiger partial charge in [0, 0.05) is 32.0 Å². The van der Waals surface area contributed by atoms with E-state index in [9.17, 15) is 9.90 Å². The zero-order valence-electron chi connectivity index (χ0n) is 19.3. The molecule has 3 aliphatic heterocycles. The summed E-state index contributed by atoms with van der Waals surface area (Å²) in [4.78, 5) is 15.3. The Morgan fingerprint density at radius 3 is 2.59 bits per heavy atom. The van der Waals surface area contributed by atoms with E-state index < -0.39 is 5.60 Å². The van der Waals surface area contributed by atoms with Crippen LogP contribution in [0.3, 0.4) is 0 Å². The zero-order chi connectivity index (χ0) is 22.0. The Kier molecular flexibility index (Phi) is 4.98. The number of aliphatic hydroxyl groups is 1. The molecular formula is C27H37NO4. The highest BCUT2D eigenvalue weighted by Gasteiger charge is 2.65. The number of fused-ring (bicyclic) bond motifs is 3. The van der Waals surface area contributed by atoms with Crippen molar-refractivity contribution in [3.05, 3.63) is 35.9 Å². The molecule has 0 aromatic heterocycles. The van der Waals surface area contributed by atoms with Crippen LogP contribution in [-0.4, -0.2) is 59.5 Å². The molecule has 0 bridgehead atoms. The maximum Gasteiger partial charge on any atom is 0.310 e. The van der Waals surface area contributed by atoms with Crippen LogP contribution in [0.2, 0.25) is 0 Å². The van der Waals surface area contributed by atoms with E-state index in [1.807, 2.05) is 18.2 Å². The number of rotatable bonds is 4. The molecule has 5 heteroatoms. The van der Waals surface area contributed by atoms with Crippen LogP contribution in [0, 0.1) is 23.2 Å². The lowest BCUT2D eigenvalue weighted by Gasteiger charge is -2.51. The first-order valence-corrected chi connectivity index (χ1v) is 12.7. The van der Waals surface area contributed by atoms with Crippen LogP contribution in [0.15, 0.2) is 30.3 Å². The number of hydrogen-bond acceptors (Lipinski definition) is 5. The number of hydrogen-bond donors (Lipinski definition) is 1. The molecule has 0 amide bonds. The van der Waals surface area contributed by atoms with Crippen LogP contribution in [0.4, 0.5) is 0 Å². The Bertz CT molecular complexity index is 860.